The van der Waals surface area contributed by atoms with E-state index in [0.717, 1.165) is 17.7 Å². The highest BCUT2D eigenvalue weighted by Crippen LogP contribution is 2.18. The second-order valence-corrected chi connectivity index (χ2v) is 5.71. The zero-order chi connectivity index (χ0) is 19.1. The number of hydrogen-bond donors (Lipinski definition) is 2. The van der Waals surface area contributed by atoms with Crippen molar-refractivity contribution >= 4 is 17.4 Å². The average Bonchev–Trinajstić information content (AvgIpc) is 2.70. The smallest absolute Gasteiger partial charge is 0.275 e. The van der Waals surface area contributed by atoms with Crippen molar-refractivity contribution in [1.29, 1.82) is 0 Å². The molecule has 0 bridgehead atoms. The number of anilines is 2. The summed E-state index contributed by atoms with van der Waals surface area (Å²) in [6, 6.07) is 13.7. The molecule has 3 rings (SSSR count). The van der Waals surface area contributed by atoms with Crippen LogP contribution in [0.4, 0.5) is 15.9 Å². The van der Waals surface area contributed by atoms with Crippen molar-refractivity contribution in [2.75, 3.05) is 24.3 Å². The largest absolute Gasteiger partial charge is 0.496 e. The highest BCUT2D eigenvalue weighted by Gasteiger charge is 2.11. The van der Waals surface area contributed by atoms with Gasteiger partial charge in [0.1, 0.15) is 23.1 Å². The van der Waals surface area contributed by atoms with Crippen LogP contribution in [0, 0.1) is 5.82 Å². The number of aromatic nitrogens is 2. The second kappa shape index (κ2) is 8.75. The number of carbonyl (C=O) groups is 1. The van der Waals surface area contributed by atoms with Crippen molar-refractivity contribution in [2.45, 2.75) is 6.42 Å². The molecule has 27 heavy (non-hydrogen) atoms. The number of ether oxygens (including phenoxy) is 1. The Kier molecular flexibility index (Phi) is 5.94. The Bertz CT molecular complexity index is 916. The third kappa shape index (κ3) is 4.78. The number of benzene rings is 2. The second-order valence-electron chi connectivity index (χ2n) is 5.71. The Hall–Kier alpha value is -3.48. The summed E-state index contributed by atoms with van der Waals surface area (Å²) in [7, 11) is 1.64. The zero-order valence-electron chi connectivity index (χ0n) is 14.8. The van der Waals surface area contributed by atoms with Crippen LogP contribution in [-0.2, 0) is 6.42 Å². The monoisotopic (exact) mass is 366 g/mol. The highest BCUT2D eigenvalue weighted by molar-refractivity contribution is 6.02. The molecule has 2 N–H and O–H groups in total. The summed E-state index contributed by atoms with van der Waals surface area (Å²) < 4.78 is 18.9. The van der Waals surface area contributed by atoms with Crippen molar-refractivity contribution in [1.82, 2.24) is 9.97 Å². The molecule has 2 aromatic carbocycles. The fourth-order valence-electron chi connectivity index (χ4n) is 2.52. The van der Waals surface area contributed by atoms with Crippen LogP contribution in [0.3, 0.4) is 0 Å². The van der Waals surface area contributed by atoms with Gasteiger partial charge in [0.25, 0.3) is 5.91 Å². The van der Waals surface area contributed by atoms with Gasteiger partial charge in [-0.3, -0.25) is 4.79 Å². The minimum Gasteiger partial charge on any atom is -0.496 e. The summed E-state index contributed by atoms with van der Waals surface area (Å²) >= 11 is 0. The summed E-state index contributed by atoms with van der Waals surface area (Å²) in [5, 5.41) is 5.62. The molecule has 6 nitrogen and oxygen atoms in total. The van der Waals surface area contributed by atoms with Gasteiger partial charge in [-0.25, -0.2) is 14.4 Å². The standard InChI is InChI=1S/C20H19FN4O2/c1-27-18-9-5-2-6-14(18)10-11-22-19-13-23-17(12-24-19)20(26)25-16-8-4-3-7-15(16)21/h2-9,12-13H,10-11H2,1H3,(H,22,24)(H,25,26). The number of para-hydroxylation sites is 2. The van der Waals surface area contributed by atoms with Crippen LogP contribution in [-0.4, -0.2) is 29.5 Å². The van der Waals surface area contributed by atoms with E-state index in [9.17, 15) is 9.18 Å². The number of methoxy groups -OCH3 is 1. The first-order valence-corrected chi connectivity index (χ1v) is 8.41. The Morgan fingerprint density at radius 3 is 2.59 bits per heavy atom. The van der Waals surface area contributed by atoms with Gasteiger partial charge in [0.15, 0.2) is 0 Å². The molecule has 0 fully saturated rings. The van der Waals surface area contributed by atoms with Gasteiger partial charge in [-0.05, 0) is 30.2 Å². The van der Waals surface area contributed by atoms with Gasteiger partial charge in [0.05, 0.1) is 25.2 Å². The highest BCUT2D eigenvalue weighted by atomic mass is 19.1. The minimum atomic E-state index is -0.520. The van der Waals surface area contributed by atoms with Crippen LogP contribution < -0.4 is 15.4 Å². The number of nitrogens with zero attached hydrogens (tertiary/aromatic N) is 2. The third-order valence-corrected chi connectivity index (χ3v) is 3.90. The van der Waals surface area contributed by atoms with Crippen molar-refractivity contribution in [2.24, 2.45) is 0 Å². The molecule has 0 aliphatic heterocycles. The third-order valence-electron chi connectivity index (χ3n) is 3.90. The molecule has 0 aliphatic rings. The molecular weight excluding hydrogens is 347 g/mol. The first-order chi connectivity index (χ1) is 13.2. The van der Waals surface area contributed by atoms with Crippen molar-refractivity contribution in [3.63, 3.8) is 0 Å². The minimum absolute atomic E-state index is 0.100. The van der Waals surface area contributed by atoms with E-state index in [0.29, 0.717) is 12.4 Å². The molecule has 0 atom stereocenters. The van der Waals surface area contributed by atoms with Gasteiger partial charge in [-0.1, -0.05) is 30.3 Å². The van der Waals surface area contributed by atoms with E-state index in [1.807, 2.05) is 24.3 Å². The van der Waals surface area contributed by atoms with E-state index < -0.39 is 11.7 Å². The average molecular weight is 366 g/mol. The number of nitrogens with one attached hydrogen (secondary N) is 2. The lowest BCUT2D eigenvalue weighted by Gasteiger charge is -2.09. The summed E-state index contributed by atoms with van der Waals surface area (Å²) in [6.07, 6.45) is 3.57. The Balaban J connectivity index is 1.55. The van der Waals surface area contributed by atoms with E-state index in [-0.39, 0.29) is 11.4 Å². The lowest BCUT2D eigenvalue weighted by Crippen LogP contribution is -2.15. The summed E-state index contributed by atoms with van der Waals surface area (Å²) in [5.74, 6) is 0.361. The fraction of sp³-hybridized carbons (Fsp3) is 0.150. The zero-order valence-corrected chi connectivity index (χ0v) is 14.8. The van der Waals surface area contributed by atoms with Gasteiger partial charge < -0.3 is 15.4 Å². The van der Waals surface area contributed by atoms with Crippen molar-refractivity contribution < 1.29 is 13.9 Å². The molecule has 0 saturated heterocycles. The molecule has 138 valence electrons. The van der Waals surface area contributed by atoms with Crippen LogP contribution in [0.2, 0.25) is 0 Å². The lowest BCUT2D eigenvalue weighted by atomic mass is 10.1. The van der Waals surface area contributed by atoms with E-state index in [2.05, 4.69) is 20.6 Å². The van der Waals surface area contributed by atoms with E-state index in [1.165, 1.54) is 24.5 Å². The molecular formula is C20H19FN4O2. The van der Waals surface area contributed by atoms with Crippen LogP contribution in [0.1, 0.15) is 16.1 Å². The summed E-state index contributed by atoms with van der Waals surface area (Å²) in [5.41, 5.74) is 1.29. The number of rotatable bonds is 7. The molecule has 0 saturated carbocycles. The number of carbonyl (C=O) groups excluding carboxylic acids is 1. The van der Waals surface area contributed by atoms with Crippen molar-refractivity contribution in [3.05, 3.63) is 78.0 Å². The van der Waals surface area contributed by atoms with Gasteiger partial charge in [-0.2, -0.15) is 0 Å². The number of halogens is 1. The Morgan fingerprint density at radius 1 is 1.07 bits per heavy atom. The first kappa shape index (κ1) is 18.3. The maximum absolute atomic E-state index is 13.6. The molecule has 1 amide bonds. The number of amides is 1. The topological polar surface area (TPSA) is 76.1 Å². The van der Waals surface area contributed by atoms with Gasteiger partial charge >= 0.3 is 0 Å². The summed E-state index contributed by atoms with van der Waals surface area (Å²) in [4.78, 5) is 20.4. The molecule has 1 heterocycles. The van der Waals surface area contributed by atoms with Crippen LogP contribution in [0.25, 0.3) is 0 Å². The Morgan fingerprint density at radius 2 is 1.85 bits per heavy atom. The van der Waals surface area contributed by atoms with E-state index >= 15 is 0 Å². The van der Waals surface area contributed by atoms with Crippen LogP contribution in [0.5, 0.6) is 5.75 Å². The van der Waals surface area contributed by atoms with Crippen LogP contribution >= 0.6 is 0 Å². The van der Waals surface area contributed by atoms with Crippen LogP contribution in [0.15, 0.2) is 60.9 Å². The lowest BCUT2D eigenvalue weighted by molar-refractivity contribution is 0.102. The Labute approximate surface area is 156 Å². The molecule has 0 unspecified atom stereocenters. The predicted octanol–water partition coefficient (Wildman–Crippen LogP) is 3.53. The maximum Gasteiger partial charge on any atom is 0.275 e. The molecule has 0 radical (unpaired) electrons. The van der Waals surface area contributed by atoms with Crippen molar-refractivity contribution in [3.8, 4) is 5.75 Å². The van der Waals surface area contributed by atoms with Gasteiger partial charge in [0.2, 0.25) is 0 Å². The van der Waals surface area contributed by atoms with E-state index in [4.69, 9.17) is 4.74 Å². The molecule has 0 aliphatic carbocycles. The fourth-order valence-corrected chi connectivity index (χ4v) is 2.52. The summed E-state index contributed by atoms with van der Waals surface area (Å²) in [6.45, 7) is 0.635. The van der Waals surface area contributed by atoms with E-state index in [1.54, 1.807) is 19.2 Å². The SMILES string of the molecule is COc1ccccc1CCNc1cnc(C(=O)Nc2ccccc2F)cn1. The molecule has 7 heteroatoms. The quantitative estimate of drug-likeness (QED) is 0.669. The molecule has 1 aromatic heterocycles. The normalized spacial score (nSPS) is 10.3. The maximum atomic E-state index is 13.6. The molecule has 3 aromatic rings. The predicted molar refractivity (Wildman–Crippen MR) is 102 cm³/mol. The molecule has 0 spiro atoms. The van der Waals surface area contributed by atoms with Gasteiger partial charge in [0, 0.05) is 6.54 Å². The van der Waals surface area contributed by atoms with Gasteiger partial charge in [-0.15, -0.1) is 0 Å². The number of hydrogen-bond acceptors (Lipinski definition) is 5. The first-order valence-electron chi connectivity index (χ1n) is 8.41.